The van der Waals surface area contributed by atoms with Crippen molar-refractivity contribution >= 4 is 5.91 Å². The van der Waals surface area contributed by atoms with Gasteiger partial charge in [-0.05, 0) is 24.6 Å². The van der Waals surface area contributed by atoms with Crippen molar-refractivity contribution in [3.8, 4) is 0 Å². The van der Waals surface area contributed by atoms with Gasteiger partial charge in [-0.25, -0.2) is 0 Å². The normalized spacial score (nSPS) is 12.1. The van der Waals surface area contributed by atoms with E-state index in [0.29, 0.717) is 5.76 Å². The Labute approximate surface area is 94.1 Å². The fourth-order valence-electron chi connectivity index (χ4n) is 1.50. The number of nitrogens with one attached hydrogen (secondary N) is 1. The van der Waals surface area contributed by atoms with Crippen molar-refractivity contribution in [1.82, 2.24) is 5.32 Å². The Morgan fingerprint density at radius 3 is 2.56 bits per heavy atom. The summed E-state index contributed by atoms with van der Waals surface area (Å²) in [7, 11) is 0. The second-order valence-electron chi connectivity index (χ2n) is 3.58. The summed E-state index contributed by atoms with van der Waals surface area (Å²) in [5.41, 5.74) is 1.07. The molecule has 16 heavy (non-hydrogen) atoms. The van der Waals surface area contributed by atoms with E-state index in [1.54, 1.807) is 12.1 Å². The molecular weight excluding hydrogens is 202 g/mol. The van der Waals surface area contributed by atoms with Crippen molar-refractivity contribution in [1.29, 1.82) is 0 Å². The molecule has 1 N–H and O–H groups in total. The highest BCUT2D eigenvalue weighted by molar-refractivity contribution is 5.91. The predicted octanol–water partition coefficient (Wildman–Crippen LogP) is 2.77. The number of amides is 1. The summed E-state index contributed by atoms with van der Waals surface area (Å²) in [5, 5.41) is 2.87. The Morgan fingerprint density at radius 1 is 1.19 bits per heavy atom. The standard InChI is InChI=1S/C13H13NO2/c1-10(11-6-3-2-4-7-11)14-13(15)12-8-5-9-16-12/h2-10H,1H3,(H,14,15)/t10-/m1/s1. The maximum Gasteiger partial charge on any atom is 0.287 e. The first-order chi connectivity index (χ1) is 7.77. The summed E-state index contributed by atoms with van der Waals surface area (Å²) in [4.78, 5) is 11.7. The molecule has 0 fully saturated rings. The van der Waals surface area contributed by atoms with Crippen molar-refractivity contribution in [2.75, 3.05) is 0 Å². The molecule has 0 unspecified atom stereocenters. The molecule has 1 amide bonds. The first-order valence-corrected chi connectivity index (χ1v) is 5.16. The lowest BCUT2D eigenvalue weighted by atomic mass is 10.1. The minimum Gasteiger partial charge on any atom is -0.459 e. The molecule has 1 atom stereocenters. The molecule has 2 rings (SSSR count). The lowest BCUT2D eigenvalue weighted by molar-refractivity contribution is 0.0912. The topological polar surface area (TPSA) is 42.2 Å². The number of benzene rings is 1. The number of hydrogen-bond acceptors (Lipinski definition) is 2. The van der Waals surface area contributed by atoms with Gasteiger partial charge in [0.15, 0.2) is 5.76 Å². The fraction of sp³-hybridized carbons (Fsp3) is 0.154. The molecule has 0 aliphatic rings. The molecule has 3 nitrogen and oxygen atoms in total. The van der Waals surface area contributed by atoms with E-state index >= 15 is 0 Å². The monoisotopic (exact) mass is 215 g/mol. The Bertz CT molecular complexity index is 448. The van der Waals surface area contributed by atoms with Crippen LogP contribution in [0.15, 0.2) is 53.1 Å². The predicted molar refractivity (Wildman–Crippen MR) is 61.0 cm³/mol. The number of rotatable bonds is 3. The van der Waals surface area contributed by atoms with Gasteiger partial charge in [-0.1, -0.05) is 30.3 Å². The first kappa shape index (κ1) is 10.5. The van der Waals surface area contributed by atoms with Gasteiger partial charge in [0.25, 0.3) is 5.91 Å². The van der Waals surface area contributed by atoms with Crippen LogP contribution in [-0.4, -0.2) is 5.91 Å². The maximum absolute atomic E-state index is 11.7. The van der Waals surface area contributed by atoms with E-state index in [2.05, 4.69) is 5.32 Å². The van der Waals surface area contributed by atoms with E-state index < -0.39 is 0 Å². The van der Waals surface area contributed by atoms with Gasteiger partial charge in [0.05, 0.1) is 12.3 Å². The highest BCUT2D eigenvalue weighted by atomic mass is 16.3. The van der Waals surface area contributed by atoms with Crippen molar-refractivity contribution in [3.63, 3.8) is 0 Å². The molecule has 0 aliphatic heterocycles. The van der Waals surface area contributed by atoms with Gasteiger partial charge in [-0.15, -0.1) is 0 Å². The molecule has 1 aromatic carbocycles. The van der Waals surface area contributed by atoms with Crippen LogP contribution in [0.3, 0.4) is 0 Å². The fourth-order valence-corrected chi connectivity index (χ4v) is 1.50. The van der Waals surface area contributed by atoms with Crippen molar-refractivity contribution in [2.45, 2.75) is 13.0 Å². The van der Waals surface area contributed by atoms with Crippen molar-refractivity contribution in [2.24, 2.45) is 0 Å². The minimum absolute atomic E-state index is 0.0289. The first-order valence-electron chi connectivity index (χ1n) is 5.16. The second kappa shape index (κ2) is 4.66. The van der Waals surface area contributed by atoms with Gasteiger partial charge in [-0.2, -0.15) is 0 Å². The highest BCUT2D eigenvalue weighted by Crippen LogP contribution is 2.12. The minimum atomic E-state index is -0.193. The molecule has 2 aromatic rings. The Kier molecular flexibility index (Phi) is 3.05. The summed E-state index contributed by atoms with van der Waals surface area (Å²) < 4.78 is 5.02. The van der Waals surface area contributed by atoms with E-state index in [0.717, 1.165) is 5.56 Å². The third kappa shape index (κ3) is 2.31. The SMILES string of the molecule is C[C@@H](NC(=O)c1ccco1)c1ccccc1. The highest BCUT2D eigenvalue weighted by Gasteiger charge is 2.12. The molecule has 82 valence electrons. The van der Waals surface area contributed by atoms with Crippen LogP contribution in [0.4, 0.5) is 0 Å². The molecule has 0 aliphatic carbocycles. The largest absolute Gasteiger partial charge is 0.459 e. The number of carbonyl (C=O) groups is 1. The van der Waals surface area contributed by atoms with Crippen LogP contribution in [-0.2, 0) is 0 Å². The average molecular weight is 215 g/mol. The number of hydrogen-bond donors (Lipinski definition) is 1. The average Bonchev–Trinajstić information content (AvgIpc) is 2.83. The summed E-state index contributed by atoms with van der Waals surface area (Å²) >= 11 is 0. The van der Waals surface area contributed by atoms with Gasteiger partial charge < -0.3 is 9.73 Å². The van der Waals surface area contributed by atoms with E-state index in [4.69, 9.17) is 4.42 Å². The molecule has 3 heteroatoms. The van der Waals surface area contributed by atoms with Crippen LogP contribution in [0.1, 0.15) is 29.1 Å². The van der Waals surface area contributed by atoms with Crippen LogP contribution < -0.4 is 5.32 Å². The van der Waals surface area contributed by atoms with E-state index in [-0.39, 0.29) is 11.9 Å². The summed E-state index contributed by atoms with van der Waals surface area (Å²) in [6.45, 7) is 1.94. The van der Waals surface area contributed by atoms with Crippen LogP contribution in [0.25, 0.3) is 0 Å². The summed E-state index contributed by atoms with van der Waals surface area (Å²) in [6, 6.07) is 13.1. The van der Waals surface area contributed by atoms with E-state index in [1.165, 1.54) is 6.26 Å². The van der Waals surface area contributed by atoms with Crippen LogP contribution in [0.5, 0.6) is 0 Å². The number of furan rings is 1. The molecule has 0 bridgehead atoms. The molecule has 0 saturated carbocycles. The van der Waals surface area contributed by atoms with Gasteiger partial charge >= 0.3 is 0 Å². The molecule has 0 saturated heterocycles. The molecular formula is C13H13NO2. The Balaban J connectivity index is 2.03. The van der Waals surface area contributed by atoms with Gasteiger partial charge in [-0.3, -0.25) is 4.79 Å². The van der Waals surface area contributed by atoms with E-state index in [1.807, 2.05) is 37.3 Å². The molecule has 0 radical (unpaired) electrons. The van der Waals surface area contributed by atoms with E-state index in [9.17, 15) is 4.79 Å². The lowest BCUT2D eigenvalue weighted by Gasteiger charge is -2.12. The van der Waals surface area contributed by atoms with Gasteiger partial charge in [0.1, 0.15) is 0 Å². The zero-order valence-electron chi connectivity index (χ0n) is 9.01. The van der Waals surface area contributed by atoms with Crippen LogP contribution in [0, 0.1) is 0 Å². The van der Waals surface area contributed by atoms with Gasteiger partial charge in [0, 0.05) is 0 Å². The number of carbonyl (C=O) groups excluding carboxylic acids is 1. The zero-order valence-corrected chi connectivity index (χ0v) is 9.01. The molecule has 1 heterocycles. The third-order valence-corrected chi connectivity index (χ3v) is 2.39. The van der Waals surface area contributed by atoms with Crippen molar-refractivity contribution in [3.05, 3.63) is 60.1 Å². The van der Waals surface area contributed by atoms with Crippen molar-refractivity contribution < 1.29 is 9.21 Å². The third-order valence-electron chi connectivity index (χ3n) is 2.39. The summed E-state index contributed by atoms with van der Waals surface area (Å²) in [5.74, 6) is 0.143. The maximum atomic E-state index is 11.7. The van der Waals surface area contributed by atoms with Gasteiger partial charge in [0.2, 0.25) is 0 Å². The second-order valence-corrected chi connectivity index (χ2v) is 3.58. The smallest absolute Gasteiger partial charge is 0.287 e. The summed E-state index contributed by atoms with van der Waals surface area (Å²) in [6.07, 6.45) is 1.49. The van der Waals surface area contributed by atoms with Crippen LogP contribution in [0.2, 0.25) is 0 Å². The quantitative estimate of drug-likeness (QED) is 0.855. The Hall–Kier alpha value is -2.03. The Morgan fingerprint density at radius 2 is 1.94 bits per heavy atom. The zero-order chi connectivity index (χ0) is 11.4. The molecule has 1 aromatic heterocycles. The van der Waals surface area contributed by atoms with Crippen LogP contribution >= 0.6 is 0 Å². The molecule has 0 spiro atoms. The lowest BCUT2D eigenvalue weighted by Crippen LogP contribution is -2.26.